The number of aryl methyl sites for hydroxylation is 1. The number of hydrogen-bond donors (Lipinski definition) is 2. The van der Waals surface area contributed by atoms with Crippen LogP contribution < -0.4 is 5.32 Å². The molecule has 1 rings (SSSR count). The Labute approximate surface area is 125 Å². The quantitative estimate of drug-likeness (QED) is 0.813. The summed E-state index contributed by atoms with van der Waals surface area (Å²) in [6.07, 6.45) is 3.13. The second kappa shape index (κ2) is 7.18. The molecule has 0 aliphatic rings. The fraction of sp³-hybridized carbons (Fsp3) is 0.733. The first-order valence-electron chi connectivity index (χ1n) is 7.19. The molecule has 1 heterocycles. The third-order valence-electron chi connectivity index (χ3n) is 3.38. The summed E-state index contributed by atoms with van der Waals surface area (Å²) in [5.41, 5.74) is -0.346. The summed E-state index contributed by atoms with van der Waals surface area (Å²) in [5, 5.41) is 14.1. The zero-order valence-corrected chi connectivity index (χ0v) is 13.9. The maximum Gasteiger partial charge on any atom is 0.263 e. The van der Waals surface area contributed by atoms with Crippen LogP contribution in [0.1, 0.15) is 55.7 Å². The van der Waals surface area contributed by atoms with E-state index in [-0.39, 0.29) is 17.2 Å². The molecule has 1 unspecified atom stereocenters. The predicted molar refractivity (Wildman–Crippen MR) is 83.1 cm³/mol. The maximum absolute atomic E-state index is 12.1. The monoisotopic (exact) mass is 298 g/mol. The van der Waals surface area contributed by atoms with Crippen LogP contribution >= 0.6 is 11.3 Å². The summed E-state index contributed by atoms with van der Waals surface area (Å²) in [6, 6.07) is 0. The van der Waals surface area contributed by atoms with Crippen LogP contribution in [0.3, 0.4) is 0 Å². The molecule has 20 heavy (non-hydrogen) atoms. The minimum absolute atomic E-state index is 0.103. The Hall–Kier alpha value is -0.940. The fourth-order valence-corrected chi connectivity index (χ4v) is 3.08. The SMILES string of the molecule is CCCc1ncc(C(=O)NCC(C)(C)C(O)C(C)C)s1. The van der Waals surface area contributed by atoms with E-state index in [0.717, 1.165) is 17.8 Å². The summed E-state index contributed by atoms with van der Waals surface area (Å²) < 4.78 is 0. The number of carbonyl (C=O) groups excluding carboxylic acids is 1. The molecule has 0 aliphatic carbocycles. The molecule has 0 aromatic carbocycles. The Morgan fingerprint density at radius 3 is 2.70 bits per heavy atom. The number of aliphatic hydroxyl groups is 1. The van der Waals surface area contributed by atoms with Gasteiger partial charge in [0.05, 0.1) is 17.3 Å². The van der Waals surface area contributed by atoms with E-state index in [2.05, 4.69) is 17.2 Å². The number of aliphatic hydroxyl groups excluding tert-OH is 1. The molecule has 1 amide bonds. The van der Waals surface area contributed by atoms with Gasteiger partial charge >= 0.3 is 0 Å². The van der Waals surface area contributed by atoms with E-state index in [4.69, 9.17) is 0 Å². The second-order valence-corrected chi connectivity index (χ2v) is 7.34. The maximum atomic E-state index is 12.1. The van der Waals surface area contributed by atoms with Crippen molar-refractivity contribution >= 4 is 17.2 Å². The number of nitrogens with zero attached hydrogens (tertiary/aromatic N) is 1. The Bertz CT molecular complexity index is 441. The average molecular weight is 298 g/mol. The summed E-state index contributed by atoms with van der Waals surface area (Å²) in [4.78, 5) is 17.0. The molecule has 0 spiro atoms. The molecule has 1 aromatic heterocycles. The van der Waals surface area contributed by atoms with Crippen molar-refractivity contribution in [1.82, 2.24) is 10.3 Å². The second-order valence-electron chi connectivity index (χ2n) is 6.23. The van der Waals surface area contributed by atoms with Gasteiger partial charge in [0.1, 0.15) is 4.88 Å². The van der Waals surface area contributed by atoms with Gasteiger partial charge in [-0.25, -0.2) is 4.98 Å². The molecule has 0 bridgehead atoms. The normalized spacial score (nSPS) is 13.6. The van der Waals surface area contributed by atoms with Gasteiger partial charge in [-0.1, -0.05) is 34.6 Å². The van der Waals surface area contributed by atoms with Crippen molar-refractivity contribution in [2.45, 2.75) is 53.6 Å². The van der Waals surface area contributed by atoms with Crippen LogP contribution in [0.2, 0.25) is 0 Å². The first-order chi connectivity index (χ1) is 9.27. The Morgan fingerprint density at radius 2 is 2.15 bits per heavy atom. The molecule has 0 saturated heterocycles. The van der Waals surface area contributed by atoms with Crippen molar-refractivity contribution in [3.05, 3.63) is 16.1 Å². The Morgan fingerprint density at radius 1 is 1.50 bits per heavy atom. The third-order valence-corrected chi connectivity index (χ3v) is 4.43. The van der Waals surface area contributed by atoms with Gasteiger partial charge in [-0.2, -0.15) is 0 Å². The van der Waals surface area contributed by atoms with Crippen LogP contribution in [-0.2, 0) is 6.42 Å². The van der Waals surface area contributed by atoms with Crippen LogP contribution in [0, 0.1) is 11.3 Å². The molecule has 5 heteroatoms. The first kappa shape index (κ1) is 17.1. The summed E-state index contributed by atoms with van der Waals surface area (Å²) >= 11 is 1.45. The van der Waals surface area contributed by atoms with Crippen molar-refractivity contribution in [3.8, 4) is 0 Å². The van der Waals surface area contributed by atoms with Crippen LogP contribution in [-0.4, -0.2) is 28.6 Å². The lowest BCUT2D eigenvalue weighted by Crippen LogP contribution is -2.43. The number of hydrogen-bond acceptors (Lipinski definition) is 4. The van der Waals surface area contributed by atoms with E-state index in [0.29, 0.717) is 11.4 Å². The highest BCUT2D eigenvalue weighted by Gasteiger charge is 2.30. The van der Waals surface area contributed by atoms with E-state index in [1.807, 2.05) is 27.7 Å². The number of thiazole rings is 1. The zero-order chi connectivity index (χ0) is 15.3. The average Bonchev–Trinajstić information content (AvgIpc) is 2.84. The molecule has 1 aromatic rings. The largest absolute Gasteiger partial charge is 0.392 e. The van der Waals surface area contributed by atoms with Gasteiger partial charge in [0, 0.05) is 12.0 Å². The van der Waals surface area contributed by atoms with E-state index in [1.54, 1.807) is 6.20 Å². The third kappa shape index (κ3) is 4.56. The molecule has 0 aliphatic heterocycles. The first-order valence-corrected chi connectivity index (χ1v) is 8.00. The highest BCUT2D eigenvalue weighted by atomic mass is 32.1. The number of amides is 1. The van der Waals surface area contributed by atoms with E-state index < -0.39 is 6.10 Å². The van der Waals surface area contributed by atoms with Gasteiger partial charge in [-0.15, -0.1) is 11.3 Å². The molecule has 0 radical (unpaired) electrons. The van der Waals surface area contributed by atoms with Crippen LogP contribution in [0.25, 0.3) is 0 Å². The van der Waals surface area contributed by atoms with E-state index >= 15 is 0 Å². The fourth-order valence-electron chi connectivity index (χ4n) is 2.15. The topological polar surface area (TPSA) is 62.2 Å². The Balaban J connectivity index is 2.58. The number of carbonyl (C=O) groups is 1. The number of aromatic nitrogens is 1. The minimum Gasteiger partial charge on any atom is -0.392 e. The van der Waals surface area contributed by atoms with Crippen molar-refractivity contribution < 1.29 is 9.90 Å². The van der Waals surface area contributed by atoms with Gasteiger partial charge in [-0.3, -0.25) is 4.79 Å². The molecule has 1 atom stereocenters. The summed E-state index contributed by atoms with van der Waals surface area (Å²) in [6.45, 7) is 10.4. The number of rotatable bonds is 7. The zero-order valence-electron chi connectivity index (χ0n) is 13.1. The van der Waals surface area contributed by atoms with Crippen LogP contribution in [0.15, 0.2) is 6.20 Å². The van der Waals surface area contributed by atoms with Gasteiger partial charge < -0.3 is 10.4 Å². The standard InChI is InChI=1S/C15H26N2O2S/c1-6-7-12-16-8-11(20-12)14(19)17-9-15(4,5)13(18)10(2)3/h8,10,13,18H,6-7,9H2,1-5H3,(H,17,19). The van der Waals surface area contributed by atoms with Crippen LogP contribution in [0.5, 0.6) is 0 Å². The molecule has 0 saturated carbocycles. The molecule has 114 valence electrons. The van der Waals surface area contributed by atoms with Crippen molar-refractivity contribution in [1.29, 1.82) is 0 Å². The van der Waals surface area contributed by atoms with Gasteiger partial charge in [0.2, 0.25) is 0 Å². The van der Waals surface area contributed by atoms with Gasteiger partial charge in [0.15, 0.2) is 0 Å². The van der Waals surface area contributed by atoms with E-state index in [9.17, 15) is 9.90 Å². The van der Waals surface area contributed by atoms with Crippen molar-refractivity contribution in [2.75, 3.05) is 6.54 Å². The minimum atomic E-state index is -0.445. The highest BCUT2D eigenvalue weighted by molar-refractivity contribution is 7.13. The summed E-state index contributed by atoms with van der Waals surface area (Å²) in [5.74, 6) is 0.0651. The molecular formula is C15H26N2O2S. The summed E-state index contributed by atoms with van der Waals surface area (Å²) in [7, 11) is 0. The molecule has 4 nitrogen and oxygen atoms in total. The molecule has 0 fully saturated rings. The van der Waals surface area contributed by atoms with Gasteiger partial charge in [0.25, 0.3) is 5.91 Å². The lowest BCUT2D eigenvalue weighted by Gasteiger charge is -2.33. The van der Waals surface area contributed by atoms with Crippen LogP contribution in [0.4, 0.5) is 0 Å². The lowest BCUT2D eigenvalue weighted by molar-refractivity contribution is 0.0138. The smallest absolute Gasteiger partial charge is 0.263 e. The van der Waals surface area contributed by atoms with Crippen molar-refractivity contribution in [3.63, 3.8) is 0 Å². The molecule has 2 N–H and O–H groups in total. The predicted octanol–water partition coefficient (Wildman–Crippen LogP) is 2.87. The molecular weight excluding hydrogens is 272 g/mol. The lowest BCUT2D eigenvalue weighted by atomic mass is 9.81. The van der Waals surface area contributed by atoms with E-state index in [1.165, 1.54) is 11.3 Å². The highest BCUT2D eigenvalue weighted by Crippen LogP contribution is 2.25. The number of nitrogens with one attached hydrogen (secondary N) is 1. The van der Waals surface area contributed by atoms with Gasteiger partial charge in [-0.05, 0) is 18.8 Å². The van der Waals surface area contributed by atoms with Crippen molar-refractivity contribution in [2.24, 2.45) is 11.3 Å². The Kier molecular flexibility index (Phi) is 6.14.